The van der Waals surface area contributed by atoms with E-state index < -0.39 is 35.0 Å². The maximum absolute atomic E-state index is 12.8. The molecule has 0 saturated carbocycles. The van der Waals surface area contributed by atoms with Crippen molar-refractivity contribution in [1.29, 1.82) is 0 Å². The molecule has 0 bridgehead atoms. The number of halogens is 4. The van der Waals surface area contributed by atoms with Gasteiger partial charge < -0.3 is 15.7 Å². The molecule has 0 aromatic heterocycles. The molecule has 9 heteroatoms. The Morgan fingerprint density at radius 1 is 1.24 bits per heavy atom. The number of carbonyl (C=O) groups is 2. The molecule has 0 aliphatic rings. The lowest BCUT2D eigenvalue weighted by molar-refractivity contribution is -0.143. The molecule has 116 valence electrons. The highest BCUT2D eigenvalue weighted by Gasteiger charge is 2.35. The number of nitrogens with one attached hydrogen (secondary N) is 2. The predicted molar refractivity (Wildman–Crippen MR) is 70.3 cm³/mol. The summed E-state index contributed by atoms with van der Waals surface area (Å²) in [6.45, 7) is 2.39. The van der Waals surface area contributed by atoms with Crippen LogP contribution >= 0.6 is 11.6 Å². The summed E-state index contributed by atoms with van der Waals surface area (Å²) < 4.78 is 38.5. The third kappa shape index (κ3) is 4.52. The van der Waals surface area contributed by atoms with E-state index in [2.05, 4.69) is 0 Å². The third-order valence-corrected chi connectivity index (χ3v) is 2.73. The highest BCUT2D eigenvalue weighted by atomic mass is 35.5. The fraction of sp³-hybridized carbons (Fsp3) is 0.333. The summed E-state index contributed by atoms with van der Waals surface area (Å²) in [5.41, 5.74) is -3.28. The number of anilines is 1. The fourth-order valence-electron chi connectivity index (χ4n) is 1.35. The van der Waals surface area contributed by atoms with Crippen LogP contribution in [0.3, 0.4) is 0 Å². The van der Waals surface area contributed by atoms with Crippen LogP contribution in [0.15, 0.2) is 18.2 Å². The van der Waals surface area contributed by atoms with E-state index in [0.717, 1.165) is 6.07 Å². The topological polar surface area (TPSA) is 78.4 Å². The molecule has 1 aromatic carbocycles. The number of urea groups is 1. The van der Waals surface area contributed by atoms with E-state index in [-0.39, 0.29) is 5.02 Å². The normalized spacial score (nSPS) is 11.9. The number of aliphatic carboxylic acids is 1. The summed E-state index contributed by atoms with van der Waals surface area (Å²) in [6, 6.07) is 1.75. The molecular weight excluding hydrogens is 313 g/mol. The fourth-order valence-corrected chi connectivity index (χ4v) is 1.52. The molecule has 2 amide bonds. The zero-order valence-corrected chi connectivity index (χ0v) is 11.8. The van der Waals surface area contributed by atoms with Crippen LogP contribution in [-0.4, -0.2) is 22.6 Å². The Labute approximate surface area is 123 Å². The van der Waals surface area contributed by atoms with E-state index in [0.29, 0.717) is 6.07 Å². The first-order valence-electron chi connectivity index (χ1n) is 5.63. The Morgan fingerprint density at radius 2 is 1.81 bits per heavy atom. The van der Waals surface area contributed by atoms with Gasteiger partial charge in [0.25, 0.3) is 0 Å². The lowest BCUT2D eigenvalue weighted by atomic mass is 10.1. The Hall–Kier alpha value is -1.96. The molecule has 0 aliphatic heterocycles. The average molecular weight is 325 g/mol. The van der Waals surface area contributed by atoms with Crippen LogP contribution in [0.25, 0.3) is 0 Å². The number of alkyl halides is 3. The number of carboxylic acids is 1. The standard InChI is InChI=1S/C12H12ClF3N2O3/c1-11(2,9(19)20)18-10(21)17-8-4-3-6(13)5-7(8)12(14,15)16/h3-5H,1-2H3,(H,19,20)(H2,17,18,21). The molecule has 0 heterocycles. The molecule has 3 N–H and O–H groups in total. The minimum Gasteiger partial charge on any atom is -0.480 e. The van der Waals surface area contributed by atoms with Gasteiger partial charge in [0.15, 0.2) is 0 Å². The van der Waals surface area contributed by atoms with Gasteiger partial charge in [0.05, 0.1) is 11.3 Å². The number of benzene rings is 1. The largest absolute Gasteiger partial charge is 0.480 e. The predicted octanol–water partition coefficient (Wildman–Crippen LogP) is 3.34. The van der Waals surface area contributed by atoms with Crippen molar-refractivity contribution in [2.24, 2.45) is 0 Å². The van der Waals surface area contributed by atoms with E-state index in [1.807, 2.05) is 10.6 Å². The highest BCUT2D eigenvalue weighted by molar-refractivity contribution is 6.30. The molecule has 1 rings (SSSR count). The molecule has 21 heavy (non-hydrogen) atoms. The molecular formula is C12H12ClF3N2O3. The quantitative estimate of drug-likeness (QED) is 0.798. The maximum Gasteiger partial charge on any atom is 0.418 e. The zero-order chi connectivity index (χ0) is 16.4. The average Bonchev–Trinajstić information content (AvgIpc) is 2.29. The Kier molecular flexibility index (Phi) is 4.72. The summed E-state index contributed by atoms with van der Waals surface area (Å²) in [6.07, 6.45) is -4.71. The van der Waals surface area contributed by atoms with Gasteiger partial charge in [0.2, 0.25) is 0 Å². The number of carboxylic acid groups (broad SMARTS) is 1. The molecule has 0 saturated heterocycles. The first-order valence-corrected chi connectivity index (χ1v) is 6.00. The van der Waals surface area contributed by atoms with E-state index in [4.69, 9.17) is 16.7 Å². The zero-order valence-electron chi connectivity index (χ0n) is 11.0. The summed E-state index contributed by atoms with van der Waals surface area (Å²) in [5.74, 6) is -1.33. The van der Waals surface area contributed by atoms with Gasteiger partial charge in [-0.05, 0) is 32.0 Å². The number of hydrogen-bond donors (Lipinski definition) is 3. The maximum atomic E-state index is 12.8. The minimum atomic E-state index is -4.71. The number of rotatable bonds is 3. The van der Waals surface area contributed by atoms with Gasteiger partial charge in [-0.1, -0.05) is 11.6 Å². The lowest BCUT2D eigenvalue weighted by Crippen LogP contribution is -2.51. The van der Waals surface area contributed by atoms with Crippen LogP contribution in [0.4, 0.5) is 23.7 Å². The second kappa shape index (κ2) is 5.80. The first-order chi connectivity index (χ1) is 9.43. The molecule has 0 unspecified atom stereocenters. The van der Waals surface area contributed by atoms with E-state index >= 15 is 0 Å². The van der Waals surface area contributed by atoms with E-state index in [1.165, 1.54) is 19.9 Å². The molecule has 0 aliphatic carbocycles. The lowest BCUT2D eigenvalue weighted by Gasteiger charge is -2.22. The van der Waals surface area contributed by atoms with Crippen molar-refractivity contribution in [3.8, 4) is 0 Å². The van der Waals surface area contributed by atoms with Crippen LogP contribution in [0.5, 0.6) is 0 Å². The summed E-state index contributed by atoms with van der Waals surface area (Å²) in [5, 5.41) is 12.7. The van der Waals surface area contributed by atoms with Gasteiger partial charge in [-0.3, -0.25) is 0 Å². The molecule has 0 radical (unpaired) electrons. The van der Waals surface area contributed by atoms with Crippen molar-refractivity contribution in [3.63, 3.8) is 0 Å². The molecule has 1 aromatic rings. The molecule has 5 nitrogen and oxygen atoms in total. The summed E-state index contributed by atoms with van der Waals surface area (Å²) in [7, 11) is 0. The summed E-state index contributed by atoms with van der Waals surface area (Å²) >= 11 is 5.50. The first kappa shape index (κ1) is 17.1. The van der Waals surface area contributed by atoms with Crippen molar-refractivity contribution < 1.29 is 27.9 Å². The SMILES string of the molecule is CC(C)(NC(=O)Nc1ccc(Cl)cc1C(F)(F)F)C(=O)O. The second-order valence-electron chi connectivity index (χ2n) is 4.70. The van der Waals surface area contributed by atoms with E-state index in [9.17, 15) is 22.8 Å². The van der Waals surface area contributed by atoms with Crippen LogP contribution in [-0.2, 0) is 11.0 Å². The van der Waals surface area contributed by atoms with Crippen LogP contribution in [0, 0.1) is 0 Å². The van der Waals surface area contributed by atoms with Crippen molar-refractivity contribution in [3.05, 3.63) is 28.8 Å². The second-order valence-corrected chi connectivity index (χ2v) is 5.13. The van der Waals surface area contributed by atoms with Gasteiger partial charge >= 0.3 is 18.2 Å². The number of amides is 2. The van der Waals surface area contributed by atoms with Crippen molar-refractivity contribution in [1.82, 2.24) is 5.32 Å². The van der Waals surface area contributed by atoms with Gasteiger partial charge in [-0.15, -0.1) is 0 Å². The molecule has 0 atom stereocenters. The van der Waals surface area contributed by atoms with Crippen molar-refractivity contribution in [2.45, 2.75) is 25.6 Å². The van der Waals surface area contributed by atoms with Gasteiger partial charge in [0.1, 0.15) is 5.54 Å². The minimum absolute atomic E-state index is 0.140. The Balaban J connectivity index is 2.99. The summed E-state index contributed by atoms with van der Waals surface area (Å²) in [4.78, 5) is 22.5. The third-order valence-electron chi connectivity index (χ3n) is 2.50. The van der Waals surface area contributed by atoms with Crippen LogP contribution in [0.2, 0.25) is 5.02 Å². The Morgan fingerprint density at radius 3 is 2.29 bits per heavy atom. The molecule has 0 fully saturated rings. The Bertz CT molecular complexity index is 573. The smallest absolute Gasteiger partial charge is 0.418 e. The number of hydrogen-bond acceptors (Lipinski definition) is 2. The van der Waals surface area contributed by atoms with Gasteiger partial charge in [-0.25, -0.2) is 9.59 Å². The number of carbonyl (C=O) groups excluding carboxylic acids is 1. The monoisotopic (exact) mass is 324 g/mol. The van der Waals surface area contributed by atoms with Crippen molar-refractivity contribution in [2.75, 3.05) is 5.32 Å². The highest BCUT2D eigenvalue weighted by Crippen LogP contribution is 2.36. The van der Waals surface area contributed by atoms with E-state index in [1.54, 1.807) is 0 Å². The molecule has 0 spiro atoms. The van der Waals surface area contributed by atoms with Gasteiger partial charge in [-0.2, -0.15) is 13.2 Å². The van der Waals surface area contributed by atoms with Crippen molar-refractivity contribution >= 4 is 29.3 Å². The van der Waals surface area contributed by atoms with Crippen LogP contribution < -0.4 is 10.6 Å². The van der Waals surface area contributed by atoms with Gasteiger partial charge in [0, 0.05) is 5.02 Å². The van der Waals surface area contributed by atoms with Crippen LogP contribution in [0.1, 0.15) is 19.4 Å².